The van der Waals surface area contributed by atoms with Gasteiger partial charge in [-0.2, -0.15) is 0 Å². The van der Waals surface area contributed by atoms with Crippen molar-refractivity contribution in [1.29, 1.82) is 0 Å². The van der Waals surface area contributed by atoms with Crippen molar-refractivity contribution in [2.75, 3.05) is 0 Å². The second-order valence-electron chi connectivity index (χ2n) is 8.01. The van der Waals surface area contributed by atoms with Gasteiger partial charge in [0.15, 0.2) is 0 Å². The van der Waals surface area contributed by atoms with E-state index in [4.69, 9.17) is 4.98 Å². The number of fused-ring (bicyclic) bond motifs is 1. The maximum Gasteiger partial charge on any atom is 0.270 e. The summed E-state index contributed by atoms with van der Waals surface area (Å²) in [6.45, 7) is 7.12. The molecule has 0 aliphatic carbocycles. The topological polar surface area (TPSA) is 59.8 Å². The standard InChI is InChI=1S/C26H28N4O/c1-4-18(2)21-14-12-20(13-15-21)17-30-24-11-6-5-9-22(24)29-25(30)19(3)28-26(31)23-10-7-8-16-27-23/h5-16,18-19H,4,17H2,1-3H3,(H,28,31). The van der Waals surface area contributed by atoms with Crippen LogP contribution in [0.25, 0.3) is 11.0 Å². The van der Waals surface area contributed by atoms with Crippen molar-refractivity contribution in [2.45, 2.75) is 45.7 Å². The minimum Gasteiger partial charge on any atom is -0.341 e. The first-order chi connectivity index (χ1) is 15.1. The van der Waals surface area contributed by atoms with E-state index in [1.165, 1.54) is 11.1 Å². The summed E-state index contributed by atoms with van der Waals surface area (Å²) >= 11 is 0. The number of hydrogen-bond donors (Lipinski definition) is 1. The van der Waals surface area contributed by atoms with Gasteiger partial charge in [0.25, 0.3) is 5.91 Å². The Hall–Kier alpha value is -3.47. The predicted octanol–water partition coefficient (Wildman–Crippen LogP) is 5.48. The number of benzene rings is 2. The highest BCUT2D eigenvalue weighted by Gasteiger charge is 2.19. The summed E-state index contributed by atoms with van der Waals surface area (Å²) in [5, 5.41) is 3.05. The van der Waals surface area contributed by atoms with Crippen molar-refractivity contribution < 1.29 is 4.79 Å². The third-order valence-electron chi connectivity index (χ3n) is 5.82. The Morgan fingerprint density at radius 2 is 1.74 bits per heavy atom. The van der Waals surface area contributed by atoms with Crippen molar-refractivity contribution in [3.63, 3.8) is 0 Å². The zero-order valence-electron chi connectivity index (χ0n) is 18.2. The van der Waals surface area contributed by atoms with E-state index in [9.17, 15) is 4.79 Å². The third-order valence-corrected chi connectivity index (χ3v) is 5.82. The van der Waals surface area contributed by atoms with Gasteiger partial charge in [0.05, 0.1) is 17.1 Å². The molecular formula is C26H28N4O. The maximum absolute atomic E-state index is 12.6. The number of nitrogens with one attached hydrogen (secondary N) is 1. The van der Waals surface area contributed by atoms with Crippen LogP contribution in [0.3, 0.4) is 0 Å². The van der Waals surface area contributed by atoms with Crippen LogP contribution in [-0.4, -0.2) is 20.4 Å². The highest BCUT2D eigenvalue weighted by atomic mass is 16.1. The van der Waals surface area contributed by atoms with Gasteiger partial charge in [-0.05, 0) is 54.7 Å². The molecule has 2 unspecified atom stereocenters. The molecule has 5 nitrogen and oxygen atoms in total. The molecule has 0 saturated heterocycles. The van der Waals surface area contributed by atoms with Crippen LogP contribution in [0.5, 0.6) is 0 Å². The normalized spacial score (nSPS) is 13.1. The van der Waals surface area contributed by atoms with E-state index < -0.39 is 0 Å². The number of nitrogens with zero attached hydrogens (tertiary/aromatic N) is 3. The lowest BCUT2D eigenvalue weighted by Gasteiger charge is -2.17. The number of para-hydroxylation sites is 2. The average molecular weight is 413 g/mol. The lowest BCUT2D eigenvalue weighted by atomic mass is 9.97. The number of rotatable bonds is 7. The molecule has 1 N–H and O–H groups in total. The van der Waals surface area contributed by atoms with Crippen LogP contribution in [0, 0.1) is 0 Å². The molecule has 0 saturated carbocycles. The average Bonchev–Trinajstić information content (AvgIpc) is 3.18. The van der Waals surface area contributed by atoms with E-state index in [2.05, 4.69) is 59.0 Å². The molecule has 0 spiro atoms. The van der Waals surface area contributed by atoms with E-state index >= 15 is 0 Å². The van der Waals surface area contributed by atoms with Gasteiger partial charge in [-0.15, -0.1) is 0 Å². The fourth-order valence-corrected chi connectivity index (χ4v) is 3.79. The summed E-state index contributed by atoms with van der Waals surface area (Å²) in [5.74, 6) is 1.18. The van der Waals surface area contributed by atoms with E-state index in [1.807, 2.05) is 31.2 Å². The van der Waals surface area contributed by atoms with Crippen molar-refractivity contribution in [3.05, 3.63) is 95.6 Å². The van der Waals surface area contributed by atoms with Crippen LogP contribution in [0.15, 0.2) is 72.9 Å². The minimum atomic E-state index is -0.263. The molecule has 2 atom stereocenters. The fraction of sp³-hybridized carbons (Fsp3) is 0.269. The summed E-state index contributed by atoms with van der Waals surface area (Å²) in [6, 6.07) is 22.0. The number of aromatic nitrogens is 3. The molecule has 5 heteroatoms. The lowest BCUT2D eigenvalue weighted by molar-refractivity contribution is 0.0932. The van der Waals surface area contributed by atoms with Crippen LogP contribution < -0.4 is 5.32 Å². The van der Waals surface area contributed by atoms with Crippen LogP contribution >= 0.6 is 0 Å². The first kappa shape index (κ1) is 20.8. The molecule has 2 aromatic carbocycles. The van der Waals surface area contributed by atoms with Crippen molar-refractivity contribution in [3.8, 4) is 0 Å². The van der Waals surface area contributed by atoms with E-state index in [-0.39, 0.29) is 11.9 Å². The summed E-state index contributed by atoms with van der Waals surface area (Å²) in [7, 11) is 0. The molecule has 2 heterocycles. The lowest BCUT2D eigenvalue weighted by Crippen LogP contribution is -2.29. The molecule has 1 amide bonds. The third kappa shape index (κ3) is 4.50. The Morgan fingerprint density at radius 1 is 1.00 bits per heavy atom. The quantitative estimate of drug-likeness (QED) is 0.437. The molecule has 2 aromatic heterocycles. The number of carbonyl (C=O) groups is 1. The van der Waals surface area contributed by atoms with Gasteiger partial charge in [-0.25, -0.2) is 4.98 Å². The number of hydrogen-bond acceptors (Lipinski definition) is 3. The van der Waals surface area contributed by atoms with Crippen LogP contribution in [0.1, 0.15) is 66.6 Å². The largest absolute Gasteiger partial charge is 0.341 e. The number of pyridine rings is 1. The Bertz CT molecular complexity index is 1170. The first-order valence-corrected chi connectivity index (χ1v) is 10.8. The molecule has 4 rings (SSSR count). The van der Waals surface area contributed by atoms with Crippen molar-refractivity contribution in [2.24, 2.45) is 0 Å². The van der Waals surface area contributed by atoms with Gasteiger partial charge in [-0.1, -0.05) is 56.3 Å². The Kier molecular flexibility index (Phi) is 6.12. The summed E-state index contributed by atoms with van der Waals surface area (Å²) in [6.07, 6.45) is 2.75. The van der Waals surface area contributed by atoms with Crippen molar-refractivity contribution in [1.82, 2.24) is 19.9 Å². The van der Waals surface area contributed by atoms with Crippen LogP contribution in [0.4, 0.5) is 0 Å². The smallest absolute Gasteiger partial charge is 0.270 e. The molecule has 31 heavy (non-hydrogen) atoms. The molecule has 158 valence electrons. The SMILES string of the molecule is CCC(C)c1ccc(Cn2c(C(C)NC(=O)c3ccccn3)nc3ccccc32)cc1. The number of amides is 1. The monoisotopic (exact) mass is 412 g/mol. The molecule has 0 radical (unpaired) electrons. The van der Waals surface area contributed by atoms with Gasteiger partial charge >= 0.3 is 0 Å². The maximum atomic E-state index is 12.6. The van der Waals surface area contributed by atoms with E-state index in [0.29, 0.717) is 18.2 Å². The Balaban J connectivity index is 1.63. The van der Waals surface area contributed by atoms with Crippen LogP contribution in [-0.2, 0) is 6.54 Å². The molecule has 0 aliphatic rings. The summed E-state index contributed by atoms with van der Waals surface area (Å²) in [5.41, 5.74) is 4.95. The molecule has 0 bridgehead atoms. The van der Waals surface area contributed by atoms with Gasteiger partial charge in [0.2, 0.25) is 0 Å². The first-order valence-electron chi connectivity index (χ1n) is 10.8. The fourth-order valence-electron chi connectivity index (χ4n) is 3.79. The number of carbonyl (C=O) groups excluding carboxylic acids is 1. The van der Waals surface area contributed by atoms with Gasteiger partial charge < -0.3 is 9.88 Å². The Labute approximate surface area is 183 Å². The minimum absolute atomic E-state index is 0.204. The van der Waals surface area contributed by atoms with Gasteiger partial charge in [-0.3, -0.25) is 9.78 Å². The van der Waals surface area contributed by atoms with Crippen LogP contribution in [0.2, 0.25) is 0 Å². The Morgan fingerprint density at radius 3 is 2.45 bits per heavy atom. The second-order valence-corrected chi connectivity index (χ2v) is 8.01. The zero-order chi connectivity index (χ0) is 21.8. The van der Waals surface area contributed by atoms with Gasteiger partial charge in [0, 0.05) is 12.7 Å². The zero-order valence-corrected chi connectivity index (χ0v) is 18.2. The molecule has 0 fully saturated rings. The molecule has 4 aromatic rings. The highest BCUT2D eigenvalue weighted by Crippen LogP contribution is 2.24. The van der Waals surface area contributed by atoms with Gasteiger partial charge in [0.1, 0.15) is 11.5 Å². The second kappa shape index (κ2) is 9.13. The highest BCUT2D eigenvalue weighted by molar-refractivity contribution is 5.92. The summed E-state index contributed by atoms with van der Waals surface area (Å²) in [4.78, 5) is 21.6. The molecule has 0 aliphatic heterocycles. The van der Waals surface area contributed by atoms with E-state index in [1.54, 1.807) is 18.3 Å². The predicted molar refractivity (Wildman–Crippen MR) is 124 cm³/mol. The van der Waals surface area contributed by atoms with Crippen molar-refractivity contribution >= 4 is 16.9 Å². The molecular weight excluding hydrogens is 384 g/mol. The number of imidazole rings is 1. The summed E-state index contributed by atoms with van der Waals surface area (Å²) < 4.78 is 2.19. The van der Waals surface area contributed by atoms with E-state index in [0.717, 1.165) is 23.3 Å².